The number of carbonyl (C=O) groups is 1. The highest BCUT2D eigenvalue weighted by molar-refractivity contribution is 7.17. The minimum absolute atomic E-state index is 0.0209. The predicted molar refractivity (Wildman–Crippen MR) is 111 cm³/mol. The van der Waals surface area contributed by atoms with Gasteiger partial charge in [-0.2, -0.15) is 0 Å². The lowest BCUT2D eigenvalue weighted by molar-refractivity contribution is 0.0940. The number of nitrogens with zero attached hydrogens (tertiary/aromatic N) is 3. The minimum Gasteiger partial charge on any atom is -0.350 e. The number of amides is 1. The van der Waals surface area contributed by atoms with Crippen molar-refractivity contribution in [3.05, 3.63) is 65.2 Å². The maximum atomic E-state index is 13.0. The van der Waals surface area contributed by atoms with Gasteiger partial charge in [0.15, 0.2) is 0 Å². The average Bonchev–Trinajstić information content (AvgIpc) is 3.16. The molecule has 6 heteroatoms. The summed E-state index contributed by atoms with van der Waals surface area (Å²) in [5.41, 5.74) is 2.91. The number of rotatable bonds is 5. The van der Waals surface area contributed by atoms with Gasteiger partial charge < -0.3 is 5.32 Å². The highest BCUT2D eigenvalue weighted by Gasteiger charge is 2.34. The molecule has 0 saturated heterocycles. The summed E-state index contributed by atoms with van der Waals surface area (Å²) < 4.78 is 0. The SMILES string of the molecule is Cc1nc(-c2cccnc2)sc1C(=O)NCC1(c2cccnc2)CCCCC1. The van der Waals surface area contributed by atoms with E-state index in [0.717, 1.165) is 29.1 Å². The molecule has 144 valence electrons. The fourth-order valence-corrected chi connectivity index (χ4v) is 4.99. The summed E-state index contributed by atoms with van der Waals surface area (Å²) >= 11 is 1.43. The van der Waals surface area contributed by atoms with Crippen molar-refractivity contribution < 1.29 is 4.79 Å². The number of hydrogen-bond acceptors (Lipinski definition) is 5. The predicted octanol–water partition coefficient (Wildman–Crippen LogP) is 4.54. The van der Waals surface area contributed by atoms with E-state index in [-0.39, 0.29) is 11.3 Å². The first-order valence-corrected chi connectivity index (χ1v) is 10.6. The van der Waals surface area contributed by atoms with Crippen molar-refractivity contribution in [1.82, 2.24) is 20.3 Å². The summed E-state index contributed by atoms with van der Waals surface area (Å²) in [6, 6.07) is 7.98. The van der Waals surface area contributed by atoms with Crippen molar-refractivity contribution in [3.63, 3.8) is 0 Å². The second-order valence-electron chi connectivity index (χ2n) is 7.44. The fraction of sp³-hybridized carbons (Fsp3) is 0.364. The second-order valence-corrected chi connectivity index (χ2v) is 8.44. The van der Waals surface area contributed by atoms with Crippen molar-refractivity contribution in [3.8, 4) is 10.6 Å². The monoisotopic (exact) mass is 392 g/mol. The van der Waals surface area contributed by atoms with Crippen LogP contribution in [0.2, 0.25) is 0 Å². The molecule has 1 fully saturated rings. The highest BCUT2D eigenvalue weighted by atomic mass is 32.1. The lowest BCUT2D eigenvalue weighted by Gasteiger charge is -2.37. The highest BCUT2D eigenvalue weighted by Crippen LogP contribution is 2.39. The number of carbonyl (C=O) groups excluding carboxylic acids is 1. The zero-order valence-electron chi connectivity index (χ0n) is 16.0. The van der Waals surface area contributed by atoms with Crippen molar-refractivity contribution in [2.75, 3.05) is 6.54 Å². The number of aromatic nitrogens is 3. The molecule has 3 aromatic rings. The summed E-state index contributed by atoms with van der Waals surface area (Å²) in [6.07, 6.45) is 13.1. The first-order valence-electron chi connectivity index (χ1n) is 9.74. The Balaban J connectivity index is 1.52. The van der Waals surface area contributed by atoms with Gasteiger partial charge in [0, 0.05) is 42.3 Å². The van der Waals surface area contributed by atoms with Crippen molar-refractivity contribution >= 4 is 17.2 Å². The molecule has 1 saturated carbocycles. The van der Waals surface area contributed by atoms with Crippen LogP contribution in [0, 0.1) is 6.92 Å². The lowest BCUT2D eigenvalue weighted by atomic mass is 9.70. The van der Waals surface area contributed by atoms with Crippen molar-refractivity contribution in [1.29, 1.82) is 0 Å². The summed E-state index contributed by atoms with van der Waals surface area (Å²) in [5.74, 6) is -0.0426. The molecular weight excluding hydrogens is 368 g/mol. The summed E-state index contributed by atoms with van der Waals surface area (Å²) in [7, 11) is 0. The third kappa shape index (κ3) is 3.83. The molecule has 0 radical (unpaired) electrons. The van der Waals surface area contributed by atoms with Crippen molar-refractivity contribution in [2.24, 2.45) is 0 Å². The molecule has 1 amide bonds. The van der Waals surface area contributed by atoms with E-state index in [4.69, 9.17) is 0 Å². The van der Waals surface area contributed by atoms with E-state index in [1.165, 1.54) is 36.2 Å². The van der Waals surface area contributed by atoms with Crippen LogP contribution in [0.3, 0.4) is 0 Å². The molecule has 0 atom stereocenters. The van der Waals surface area contributed by atoms with E-state index in [2.05, 4.69) is 26.3 Å². The number of hydrogen-bond donors (Lipinski definition) is 1. The van der Waals surface area contributed by atoms with Crippen LogP contribution in [0.4, 0.5) is 0 Å². The number of thiazole rings is 1. The minimum atomic E-state index is -0.0426. The normalized spacial score (nSPS) is 15.9. The summed E-state index contributed by atoms with van der Waals surface area (Å²) in [6.45, 7) is 2.53. The maximum absolute atomic E-state index is 13.0. The number of aryl methyl sites for hydroxylation is 1. The quantitative estimate of drug-likeness (QED) is 0.692. The van der Waals surface area contributed by atoms with Gasteiger partial charge in [0.25, 0.3) is 5.91 Å². The summed E-state index contributed by atoms with van der Waals surface area (Å²) in [5, 5.41) is 4.03. The third-order valence-electron chi connectivity index (χ3n) is 5.58. The molecule has 0 spiro atoms. The molecule has 1 N–H and O–H groups in total. The third-order valence-corrected chi connectivity index (χ3v) is 6.79. The van der Waals surface area contributed by atoms with Crippen molar-refractivity contribution in [2.45, 2.75) is 44.4 Å². The van der Waals surface area contributed by atoms with Crippen LogP contribution >= 0.6 is 11.3 Å². The molecule has 5 nitrogen and oxygen atoms in total. The lowest BCUT2D eigenvalue weighted by Crippen LogP contribution is -2.42. The topological polar surface area (TPSA) is 67.8 Å². The van der Waals surface area contributed by atoms with E-state index >= 15 is 0 Å². The van der Waals surface area contributed by atoms with Crippen LogP contribution in [0.5, 0.6) is 0 Å². The van der Waals surface area contributed by atoms with Gasteiger partial charge in [0.05, 0.1) is 5.69 Å². The second kappa shape index (κ2) is 8.19. The van der Waals surface area contributed by atoms with Crippen LogP contribution in [0.1, 0.15) is 53.0 Å². The van der Waals surface area contributed by atoms with E-state index in [1.807, 2.05) is 31.3 Å². The van der Waals surface area contributed by atoms with Gasteiger partial charge in [-0.05, 0) is 43.5 Å². The zero-order valence-corrected chi connectivity index (χ0v) is 16.8. The molecule has 0 unspecified atom stereocenters. The first kappa shape index (κ1) is 18.7. The Morgan fingerprint density at radius 1 is 1.11 bits per heavy atom. The molecule has 1 aliphatic carbocycles. The van der Waals surface area contributed by atoms with Gasteiger partial charge in [0.1, 0.15) is 9.88 Å². The van der Waals surface area contributed by atoms with Gasteiger partial charge >= 0.3 is 0 Å². The first-order chi connectivity index (χ1) is 13.7. The Hall–Kier alpha value is -2.60. The molecule has 0 bridgehead atoms. The fourth-order valence-electron chi connectivity index (χ4n) is 4.02. The molecule has 4 rings (SSSR count). The molecule has 0 aliphatic heterocycles. The van der Waals surface area contributed by atoms with Gasteiger partial charge in [-0.15, -0.1) is 11.3 Å². The van der Waals surface area contributed by atoms with Gasteiger partial charge in [-0.1, -0.05) is 25.3 Å². The number of nitrogens with one attached hydrogen (secondary N) is 1. The number of pyridine rings is 2. The standard InChI is InChI=1S/C22H24N4OS/c1-16-19(28-21(26-16)17-7-5-11-23-13-17)20(27)25-15-22(9-3-2-4-10-22)18-8-6-12-24-14-18/h5-8,11-14H,2-4,9-10,15H2,1H3,(H,25,27). The largest absolute Gasteiger partial charge is 0.350 e. The van der Waals surface area contributed by atoms with Crippen LogP contribution in [-0.4, -0.2) is 27.4 Å². The van der Waals surface area contributed by atoms with Gasteiger partial charge in [-0.25, -0.2) is 4.98 Å². The van der Waals surface area contributed by atoms with Gasteiger partial charge in [-0.3, -0.25) is 14.8 Å². The van der Waals surface area contributed by atoms with E-state index in [9.17, 15) is 4.79 Å². The Morgan fingerprint density at radius 3 is 2.54 bits per heavy atom. The Bertz CT molecular complexity index is 934. The van der Waals surface area contributed by atoms with E-state index in [0.29, 0.717) is 11.4 Å². The molecule has 3 aromatic heterocycles. The van der Waals surface area contributed by atoms with Crippen LogP contribution in [0.15, 0.2) is 49.1 Å². The van der Waals surface area contributed by atoms with Gasteiger partial charge in [0.2, 0.25) is 0 Å². The van der Waals surface area contributed by atoms with Crippen LogP contribution in [0.25, 0.3) is 10.6 Å². The molecule has 1 aliphatic rings. The molecular formula is C22H24N4OS. The zero-order chi connectivity index (χ0) is 19.4. The average molecular weight is 393 g/mol. The van der Waals surface area contributed by atoms with Crippen LogP contribution < -0.4 is 5.32 Å². The molecule has 28 heavy (non-hydrogen) atoms. The Kier molecular flexibility index (Phi) is 5.48. The summed E-state index contributed by atoms with van der Waals surface area (Å²) in [4.78, 5) is 26.7. The Morgan fingerprint density at radius 2 is 1.86 bits per heavy atom. The van der Waals surface area contributed by atoms with E-state index in [1.54, 1.807) is 18.6 Å². The molecule has 3 heterocycles. The van der Waals surface area contributed by atoms with E-state index < -0.39 is 0 Å². The van der Waals surface area contributed by atoms with Crippen LogP contribution in [-0.2, 0) is 5.41 Å². The Labute approximate surface area is 169 Å². The molecule has 0 aromatic carbocycles. The maximum Gasteiger partial charge on any atom is 0.263 e. The smallest absolute Gasteiger partial charge is 0.263 e.